The maximum atomic E-state index is 11.1. The zero-order valence-corrected chi connectivity index (χ0v) is 16.5. The maximum Gasteiger partial charge on any atom is 0.158 e. The fourth-order valence-electron chi connectivity index (χ4n) is 4.50. The minimum atomic E-state index is -0.796. The van der Waals surface area contributed by atoms with E-state index < -0.39 is 5.60 Å². The third-order valence-electron chi connectivity index (χ3n) is 5.70. The van der Waals surface area contributed by atoms with Crippen LogP contribution in [0.5, 0.6) is 0 Å². The molecule has 1 aromatic heterocycles. The first-order valence-corrected chi connectivity index (χ1v) is 9.46. The van der Waals surface area contributed by atoms with Crippen LogP contribution in [0, 0.1) is 20.8 Å². The van der Waals surface area contributed by atoms with Gasteiger partial charge in [0.2, 0.25) is 0 Å². The molecule has 1 aromatic carbocycles. The highest BCUT2D eigenvalue weighted by atomic mass is 16.3. The van der Waals surface area contributed by atoms with Crippen molar-refractivity contribution in [2.45, 2.75) is 65.9 Å². The summed E-state index contributed by atoms with van der Waals surface area (Å²) in [6.07, 6.45) is 3.49. The Labute approximate surface area is 151 Å². The van der Waals surface area contributed by atoms with Crippen LogP contribution in [0.4, 0.5) is 11.5 Å². The molecule has 136 valence electrons. The van der Waals surface area contributed by atoms with Crippen LogP contribution in [-0.4, -0.2) is 21.4 Å². The van der Waals surface area contributed by atoms with Crippen molar-refractivity contribution in [2.24, 2.45) is 7.05 Å². The van der Waals surface area contributed by atoms with Crippen molar-refractivity contribution >= 4 is 11.5 Å². The van der Waals surface area contributed by atoms with Crippen LogP contribution in [0.2, 0.25) is 0 Å². The number of aromatic nitrogens is 2. The van der Waals surface area contributed by atoms with Crippen molar-refractivity contribution in [1.29, 1.82) is 0 Å². The van der Waals surface area contributed by atoms with E-state index in [1.165, 1.54) is 27.9 Å². The van der Waals surface area contributed by atoms with Crippen LogP contribution < -0.4 is 4.90 Å². The molecule has 1 N–H and O–H groups in total. The Balaban J connectivity index is 2.17. The van der Waals surface area contributed by atoms with Gasteiger partial charge in [-0.1, -0.05) is 31.5 Å². The average Bonchev–Trinajstić information content (AvgIpc) is 2.90. The predicted octanol–water partition coefficient (Wildman–Crippen LogP) is 4.44. The van der Waals surface area contributed by atoms with E-state index in [0.717, 1.165) is 30.9 Å². The molecule has 2 aromatic rings. The molecule has 0 fully saturated rings. The Morgan fingerprint density at radius 2 is 1.72 bits per heavy atom. The molecule has 0 saturated carbocycles. The lowest BCUT2D eigenvalue weighted by Crippen LogP contribution is -2.30. The molecule has 0 spiro atoms. The summed E-state index contributed by atoms with van der Waals surface area (Å²) < 4.78 is 1.91. The van der Waals surface area contributed by atoms with Gasteiger partial charge in [-0.25, -0.2) is 0 Å². The standard InChI is InChI=1S/C21H31N3O/c1-7-21(25,8-2)19-17-10-9-11-24(20(17)22-23(19)6)18-15(4)12-14(3)13-16(18)5/h12-13,25H,7-11H2,1-6H3. The highest BCUT2D eigenvalue weighted by Crippen LogP contribution is 2.42. The molecule has 4 heteroatoms. The number of anilines is 2. The minimum absolute atomic E-state index is 0.706. The SMILES string of the molecule is CCC(O)(CC)c1c2c(nn1C)N(c1c(C)cc(C)cc1C)CCC2. The number of rotatable bonds is 4. The van der Waals surface area contributed by atoms with Gasteiger partial charge in [0.1, 0.15) is 5.60 Å². The lowest BCUT2D eigenvalue weighted by Gasteiger charge is -2.32. The number of benzene rings is 1. The number of hydrogen-bond acceptors (Lipinski definition) is 3. The van der Waals surface area contributed by atoms with Gasteiger partial charge in [0.15, 0.2) is 5.82 Å². The number of nitrogens with zero attached hydrogens (tertiary/aromatic N) is 3. The summed E-state index contributed by atoms with van der Waals surface area (Å²) in [5.41, 5.74) is 6.57. The largest absolute Gasteiger partial charge is 0.384 e. The highest BCUT2D eigenvalue weighted by molar-refractivity contribution is 5.71. The molecule has 4 nitrogen and oxygen atoms in total. The molecule has 1 aliphatic rings. The zero-order chi connectivity index (χ0) is 18.4. The smallest absolute Gasteiger partial charge is 0.158 e. The fraction of sp³-hybridized carbons (Fsp3) is 0.571. The van der Waals surface area contributed by atoms with Crippen LogP contribution in [0.25, 0.3) is 0 Å². The third kappa shape index (κ3) is 2.86. The lowest BCUT2D eigenvalue weighted by atomic mass is 9.88. The summed E-state index contributed by atoms with van der Waals surface area (Å²) in [7, 11) is 1.97. The molecule has 0 aliphatic carbocycles. The van der Waals surface area contributed by atoms with Crippen molar-refractivity contribution < 1.29 is 5.11 Å². The van der Waals surface area contributed by atoms with Crippen LogP contribution in [0.1, 0.15) is 61.1 Å². The van der Waals surface area contributed by atoms with E-state index in [1.54, 1.807) is 0 Å². The molecule has 0 bridgehead atoms. The first kappa shape index (κ1) is 18.0. The summed E-state index contributed by atoms with van der Waals surface area (Å²) >= 11 is 0. The van der Waals surface area contributed by atoms with Gasteiger partial charge in [0.05, 0.1) is 5.69 Å². The molecule has 25 heavy (non-hydrogen) atoms. The van der Waals surface area contributed by atoms with E-state index in [2.05, 4.69) is 51.7 Å². The fourth-order valence-corrected chi connectivity index (χ4v) is 4.50. The van der Waals surface area contributed by atoms with Gasteiger partial charge in [-0.2, -0.15) is 5.10 Å². The van der Waals surface area contributed by atoms with Gasteiger partial charge in [0.25, 0.3) is 0 Å². The van der Waals surface area contributed by atoms with Crippen molar-refractivity contribution in [3.63, 3.8) is 0 Å². The second kappa shape index (κ2) is 6.49. The number of hydrogen-bond donors (Lipinski definition) is 1. The number of aliphatic hydroxyl groups is 1. The van der Waals surface area contributed by atoms with Gasteiger partial charge in [0, 0.05) is 24.8 Å². The van der Waals surface area contributed by atoms with Crippen molar-refractivity contribution in [1.82, 2.24) is 9.78 Å². The third-order valence-corrected chi connectivity index (χ3v) is 5.70. The topological polar surface area (TPSA) is 41.3 Å². The molecule has 3 rings (SSSR count). The molecule has 0 saturated heterocycles. The van der Waals surface area contributed by atoms with E-state index in [9.17, 15) is 5.11 Å². The average molecular weight is 341 g/mol. The Morgan fingerprint density at radius 1 is 1.12 bits per heavy atom. The molecule has 0 atom stereocenters. The zero-order valence-electron chi connectivity index (χ0n) is 16.5. The van der Waals surface area contributed by atoms with Gasteiger partial charge in [-0.15, -0.1) is 0 Å². The molecule has 2 heterocycles. The Bertz CT molecular complexity index is 764. The van der Waals surface area contributed by atoms with E-state index >= 15 is 0 Å². The summed E-state index contributed by atoms with van der Waals surface area (Å²) in [6.45, 7) is 11.6. The molecule has 0 unspecified atom stereocenters. The molecule has 1 aliphatic heterocycles. The number of fused-ring (bicyclic) bond motifs is 1. The minimum Gasteiger partial charge on any atom is -0.384 e. The van der Waals surface area contributed by atoms with Crippen molar-refractivity contribution in [3.8, 4) is 0 Å². The highest BCUT2D eigenvalue weighted by Gasteiger charge is 2.36. The summed E-state index contributed by atoms with van der Waals surface area (Å²) in [5, 5.41) is 16.0. The van der Waals surface area contributed by atoms with Gasteiger partial charge in [-0.3, -0.25) is 4.68 Å². The monoisotopic (exact) mass is 341 g/mol. The van der Waals surface area contributed by atoms with Gasteiger partial charge >= 0.3 is 0 Å². The maximum absolute atomic E-state index is 11.1. The van der Waals surface area contributed by atoms with E-state index in [-0.39, 0.29) is 0 Å². The quantitative estimate of drug-likeness (QED) is 0.894. The van der Waals surface area contributed by atoms with Crippen LogP contribution in [-0.2, 0) is 19.1 Å². The summed E-state index contributed by atoms with van der Waals surface area (Å²) in [5.74, 6) is 1.03. The summed E-state index contributed by atoms with van der Waals surface area (Å²) in [4.78, 5) is 2.36. The number of aryl methyl sites for hydroxylation is 4. The Hall–Kier alpha value is -1.81. The van der Waals surface area contributed by atoms with Crippen LogP contribution in [0.15, 0.2) is 12.1 Å². The van der Waals surface area contributed by atoms with Crippen LogP contribution in [0.3, 0.4) is 0 Å². The second-order valence-corrected chi connectivity index (χ2v) is 7.52. The normalized spacial score (nSPS) is 14.8. The first-order chi connectivity index (χ1) is 11.8. The predicted molar refractivity (Wildman–Crippen MR) is 104 cm³/mol. The van der Waals surface area contributed by atoms with E-state index in [4.69, 9.17) is 5.10 Å². The van der Waals surface area contributed by atoms with Crippen molar-refractivity contribution in [2.75, 3.05) is 11.4 Å². The second-order valence-electron chi connectivity index (χ2n) is 7.52. The molecular weight excluding hydrogens is 310 g/mol. The van der Waals surface area contributed by atoms with E-state index in [1.807, 2.05) is 11.7 Å². The molecular formula is C21H31N3O. The Morgan fingerprint density at radius 3 is 2.28 bits per heavy atom. The van der Waals surface area contributed by atoms with Gasteiger partial charge in [-0.05, 0) is 57.6 Å². The summed E-state index contributed by atoms with van der Waals surface area (Å²) in [6, 6.07) is 4.49. The van der Waals surface area contributed by atoms with Crippen molar-refractivity contribution in [3.05, 3.63) is 40.1 Å². The first-order valence-electron chi connectivity index (χ1n) is 9.46. The van der Waals surface area contributed by atoms with Gasteiger partial charge < -0.3 is 10.0 Å². The molecule has 0 amide bonds. The van der Waals surface area contributed by atoms with Crippen LogP contribution >= 0.6 is 0 Å². The molecule has 0 radical (unpaired) electrons. The lowest BCUT2D eigenvalue weighted by molar-refractivity contribution is 0.0194. The Kier molecular flexibility index (Phi) is 4.67. The van der Waals surface area contributed by atoms with E-state index in [0.29, 0.717) is 12.8 Å².